The highest BCUT2D eigenvalue weighted by atomic mass is 16.5. The number of nitrogens with zero attached hydrogens (tertiary/aromatic N) is 1. The molecule has 8 nitrogen and oxygen atoms in total. The van der Waals surface area contributed by atoms with E-state index in [0.29, 0.717) is 41.4 Å². The standard InChI is InChI=1S/C24H27NO7/c1-29-12-8-11-25-20(16-13-17(30-2)23(32-4)18(14-16)31-3)19(22(27)24(25)28)21(26)15-9-6-5-7-10-15/h5-7,9-10,13-14,20,26H,8,11-12H2,1-4H3/t20-/m1/s1. The molecule has 32 heavy (non-hydrogen) atoms. The third-order valence-corrected chi connectivity index (χ3v) is 5.34. The van der Waals surface area contributed by atoms with Crippen LogP contribution in [0.15, 0.2) is 48.0 Å². The molecule has 1 amide bonds. The SMILES string of the molecule is COCCCN1C(=O)C(=O)C(=C(O)c2ccccc2)[C@H]1c1cc(OC)c(OC)c(OC)c1. The predicted molar refractivity (Wildman–Crippen MR) is 118 cm³/mol. The molecular formula is C24H27NO7. The molecule has 170 valence electrons. The third-order valence-electron chi connectivity index (χ3n) is 5.34. The molecule has 1 saturated heterocycles. The van der Waals surface area contributed by atoms with E-state index in [-0.39, 0.29) is 17.9 Å². The Kier molecular flexibility index (Phi) is 7.37. The summed E-state index contributed by atoms with van der Waals surface area (Å²) in [5.41, 5.74) is 1.00. The van der Waals surface area contributed by atoms with E-state index in [0.717, 1.165) is 0 Å². The second-order valence-electron chi connectivity index (χ2n) is 7.16. The van der Waals surface area contributed by atoms with E-state index in [1.54, 1.807) is 49.6 Å². The van der Waals surface area contributed by atoms with Gasteiger partial charge >= 0.3 is 0 Å². The van der Waals surface area contributed by atoms with Crippen molar-refractivity contribution in [2.75, 3.05) is 41.6 Å². The molecule has 2 aromatic carbocycles. The number of hydrogen-bond donors (Lipinski definition) is 1. The number of methoxy groups -OCH3 is 4. The summed E-state index contributed by atoms with van der Waals surface area (Å²) in [6.07, 6.45) is 0.524. The Morgan fingerprint density at radius 1 is 0.969 bits per heavy atom. The van der Waals surface area contributed by atoms with Crippen molar-refractivity contribution < 1.29 is 33.6 Å². The molecule has 2 aromatic rings. The number of benzene rings is 2. The van der Waals surface area contributed by atoms with Gasteiger partial charge in [-0.3, -0.25) is 9.59 Å². The highest BCUT2D eigenvalue weighted by Crippen LogP contribution is 2.45. The maximum Gasteiger partial charge on any atom is 0.295 e. The molecule has 0 radical (unpaired) electrons. The Morgan fingerprint density at radius 3 is 2.12 bits per heavy atom. The fourth-order valence-corrected chi connectivity index (χ4v) is 3.85. The van der Waals surface area contributed by atoms with Crippen LogP contribution in [0.4, 0.5) is 0 Å². The van der Waals surface area contributed by atoms with Gasteiger partial charge in [0.1, 0.15) is 5.76 Å². The molecule has 0 saturated carbocycles. The smallest absolute Gasteiger partial charge is 0.295 e. The van der Waals surface area contributed by atoms with Crippen molar-refractivity contribution in [2.24, 2.45) is 0 Å². The first-order valence-electron chi connectivity index (χ1n) is 10.1. The van der Waals surface area contributed by atoms with Crippen LogP contribution in [0.1, 0.15) is 23.6 Å². The minimum Gasteiger partial charge on any atom is -0.507 e. The topological polar surface area (TPSA) is 94.5 Å². The first-order chi connectivity index (χ1) is 15.5. The van der Waals surface area contributed by atoms with Gasteiger partial charge < -0.3 is 29.0 Å². The molecular weight excluding hydrogens is 414 g/mol. The number of carbonyl (C=O) groups is 2. The second kappa shape index (κ2) is 10.2. The molecule has 0 aliphatic carbocycles. The van der Waals surface area contributed by atoms with Crippen LogP contribution in [0.2, 0.25) is 0 Å². The number of aliphatic hydroxyl groups is 1. The van der Waals surface area contributed by atoms with Gasteiger partial charge in [0.05, 0.1) is 32.9 Å². The van der Waals surface area contributed by atoms with Crippen LogP contribution >= 0.6 is 0 Å². The monoisotopic (exact) mass is 441 g/mol. The van der Waals surface area contributed by atoms with E-state index in [2.05, 4.69) is 0 Å². The number of aliphatic hydroxyl groups excluding tert-OH is 1. The summed E-state index contributed by atoms with van der Waals surface area (Å²) in [5.74, 6) is -0.525. The molecule has 1 aliphatic heterocycles. The molecule has 0 aromatic heterocycles. The summed E-state index contributed by atoms with van der Waals surface area (Å²) in [4.78, 5) is 27.5. The number of amides is 1. The van der Waals surface area contributed by atoms with Gasteiger partial charge in [0.25, 0.3) is 11.7 Å². The Bertz CT molecular complexity index is 991. The Labute approximate surface area is 187 Å². The maximum atomic E-state index is 13.1. The van der Waals surface area contributed by atoms with Crippen LogP contribution in [-0.2, 0) is 14.3 Å². The van der Waals surface area contributed by atoms with Crippen LogP contribution in [-0.4, -0.2) is 63.3 Å². The van der Waals surface area contributed by atoms with Crippen molar-refractivity contribution in [3.8, 4) is 17.2 Å². The number of rotatable bonds is 9. The van der Waals surface area contributed by atoms with Crippen LogP contribution in [0, 0.1) is 0 Å². The van der Waals surface area contributed by atoms with Gasteiger partial charge in [0, 0.05) is 25.8 Å². The lowest BCUT2D eigenvalue weighted by Crippen LogP contribution is -2.31. The number of ketones is 1. The van der Waals surface area contributed by atoms with Crippen molar-refractivity contribution in [3.63, 3.8) is 0 Å². The van der Waals surface area contributed by atoms with Gasteiger partial charge in [-0.05, 0) is 24.1 Å². The minimum absolute atomic E-state index is 0.00731. The summed E-state index contributed by atoms with van der Waals surface area (Å²) in [6.45, 7) is 0.689. The normalized spacial score (nSPS) is 17.5. The van der Waals surface area contributed by atoms with E-state index in [1.807, 2.05) is 0 Å². The van der Waals surface area contributed by atoms with Gasteiger partial charge in [-0.15, -0.1) is 0 Å². The zero-order valence-electron chi connectivity index (χ0n) is 18.6. The van der Waals surface area contributed by atoms with Gasteiger partial charge in [-0.25, -0.2) is 0 Å². The van der Waals surface area contributed by atoms with E-state index in [1.165, 1.54) is 26.2 Å². The molecule has 0 bridgehead atoms. The van der Waals surface area contributed by atoms with Crippen molar-refractivity contribution >= 4 is 17.4 Å². The quantitative estimate of drug-likeness (QED) is 0.276. The lowest BCUT2D eigenvalue weighted by molar-refractivity contribution is -0.140. The molecule has 8 heteroatoms. The second-order valence-corrected chi connectivity index (χ2v) is 7.16. The van der Waals surface area contributed by atoms with Crippen LogP contribution in [0.5, 0.6) is 17.2 Å². The highest BCUT2D eigenvalue weighted by molar-refractivity contribution is 6.46. The van der Waals surface area contributed by atoms with Crippen molar-refractivity contribution in [1.29, 1.82) is 0 Å². The Morgan fingerprint density at radius 2 is 1.59 bits per heavy atom. The van der Waals surface area contributed by atoms with E-state index in [4.69, 9.17) is 18.9 Å². The zero-order chi connectivity index (χ0) is 23.3. The zero-order valence-corrected chi connectivity index (χ0v) is 18.6. The summed E-state index contributed by atoms with van der Waals surface area (Å²) in [5, 5.41) is 11.1. The average molecular weight is 441 g/mol. The molecule has 1 aliphatic rings. The molecule has 1 heterocycles. The van der Waals surface area contributed by atoms with Crippen molar-refractivity contribution in [3.05, 3.63) is 59.2 Å². The van der Waals surface area contributed by atoms with Gasteiger partial charge in [-0.1, -0.05) is 30.3 Å². The number of Topliss-reactive ketones (excluding diaryl/α,β-unsaturated/α-hetero) is 1. The average Bonchev–Trinajstić information content (AvgIpc) is 3.08. The van der Waals surface area contributed by atoms with Crippen LogP contribution in [0.25, 0.3) is 5.76 Å². The summed E-state index contributed by atoms with van der Waals surface area (Å²) in [6, 6.07) is 11.2. The van der Waals surface area contributed by atoms with Crippen molar-refractivity contribution in [2.45, 2.75) is 12.5 Å². The van der Waals surface area contributed by atoms with E-state index < -0.39 is 17.7 Å². The molecule has 1 N–H and O–H groups in total. The van der Waals surface area contributed by atoms with Crippen LogP contribution < -0.4 is 14.2 Å². The Hall–Kier alpha value is -3.52. The minimum atomic E-state index is -0.833. The van der Waals surface area contributed by atoms with Gasteiger partial charge in [0.2, 0.25) is 5.75 Å². The molecule has 3 rings (SSSR count). The molecule has 0 unspecified atom stereocenters. The molecule has 0 spiro atoms. The maximum absolute atomic E-state index is 13.1. The van der Waals surface area contributed by atoms with Gasteiger partial charge in [0.15, 0.2) is 11.5 Å². The van der Waals surface area contributed by atoms with Crippen LogP contribution in [0.3, 0.4) is 0 Å². The molecule has 1 atom stereocenters. The van der Waals surface area contributed by atoms with E-state index >= 15 is 0 Å². The largest absolute Gasteiger partial charge is 0.507 e. The first-order valence-corrected chi connectivity index (χ1v) is 10.1. The highest BCUT2D eigenvalue weighted by Gasteiger charge is 2.46. The Balaban J connectivity index is 2.22. The summed E-state index contributed by atoms with van der Waals surface area (Å²) < 4.78 is 21.4. The lowest BCUT2D eigenvalue weighted by atomic mass is 9.94. The van der Waals surface area contributed by atoms with Crippen molar-refractivity contribution in [1.82, 2.24) is 4.90 Å². The molecule has 1 fully saturated rings. The van der Waals surface area contributed by atoms with E-state index in [9.17, 15) is 14.7 Å². The summed E-state index contributed by atoms with van der Waals surface area (Å²) in [7, 11) is 6.04. The van der Waals surface area contributed by atoms with Gasteiger partial charge in [-0.2, -0.15) is 0 Å². The predicted octanol–water partition coefficient (Wildman–Crippen LogP) is 3.17. The number of carbonyl (C=O) groups excluding carboxylic acids is 2. The lowest BCUT2D eigenvalue weighted by Gasteiger charge is -2.26. The fourth-order valence-electron chi connectivity index (χ4n) is 3.85. The first kappa shape index (κ1) is 23.1. The summed E-state index contributed by atoms with van der Waals surface area (Å²) >= 11 is 0. The number of likely N-dealkylation sites (tertiary alicyclic amines) is 1. The fraction of sp³-hybridized carbons (Fsp3) is 0.333. The number of hydrogen-bond acceptors (Lipinski definition) is 7. The third kappa shape index (κ3) is 4.27. The number of ether oxygens (including phenoxy) is 4.